The van der Waals surface area contributed by atoms with Crippen LogP contribution in [0.15, 0.2) is 0 Å². The largest absolute Gasteiger partial charge is 0.337 e. The molecule has 2 nitrogen and oxygen atoms in total. The van der Waals surface area contributed by atoms with Gasteiger partial charge in [-0.3, -0.25) is 0 Å². The van der Waals surface area contributed by atoms with Crippen molar-refractivity contribution in [3.05, 3.63) is 0 Å². The molecule has 0 amide bonds. The zero-order valence-corrected chi connectivity index (χ0v) is 14.0. The van der Waals surface area contributed by atoms with Crippen LogP contribution in [0.25, 0.3) is 0 Å². The van der Waals surface area contributed by atoms with Gasteiger partial charge in [0.05, 0.1) is 0 Å². The van der Waals surface area contributed by atoms with E-state index in [2.05, 4.69) is 0 Å². The van der Waals surface area contributed by atoms with Gasteiger partial charge in [0.2, 0.25) is 10.0 Å². The molecule has 0 saturated heterocycles. The molecule has 0 aliphatic heterocycles. The first kappa shape index (κ1) is 17.8. The van der Waals surface area contributed by atoms with Crippen molar-refractivity contribution in [2.24, 2.45) is 0 Å². The summed E-state index contributed by atoms with van der Waals surface area (Å²) in [5.74, 6) is 0.894. The highest BCUT2D eigenvalue weighted by molar-refractivity contribution is 9.35. The molecule has 0 aliphatic carbocycles. The summed E-state index contributed by atoms with van der Waals surface area (Å²) in [7, 11) is 7.73. The third kappa shape index (κ3) is 16.8. The second kappa shape index (κ2) is 13.3. The summed E-state index contributed by atoms with van der Waals surface area (Å²) in [6, 6.07) is 0. The molecule has 0 atom stereocenters. The summed E-state index contributed by atoms with van der Waals surface area (Å²) in [4.78, 5) is 0. The fourth-order valence-electron chi connectivity index (χ4n) is 0.248. The maximum absolute atomic E-state index is 5.35. The van der Waals surface area contributed by atoms with E-state index in [1.807, 2.05) is 0 Å². The molecule has 0 radical (unpaired) electrons. The predicted molar refractivity (Wildman–Crippen MR) is 80.8 cm³/mol. The summed E-state index contributed by atoms with van der Waals surface area (Å²) in [6.07, 6.45) is 0. The maximum atomic E-state index is 5.35. The number of alkyl halides is 4. The lowest BCUT2D eigenvalue weighted by Gasteiger charge is -2.03. The van der Waals surface area contributed by atoms with E-state index in [-0.39, 0.29) is 0 Å². The summed E-state index contributed by atoms with van der Waals surface area (Å²) >= 11 is 21.4. The van der Waals surface area contributed by atoms with Gasteiger partial charge in [-0.25, -0.2) is 0 Å². The van der Waals surface area contributed by atoms with Crippen molar-refractivity contribution in [2.45, 2.75) is 10.0 Å². The lowest BCUT2D eigenvalue weighted by Crippen LogP contribution is -1.93. The second-order valence-corrected chi connectivity index (χ2v) is 11.2. The first-order chi connectivity index (χ1) is 7.13. The lowest BCUT2D eigenvalue weighted by atomic mass is 11.5. The minimum atomic E-state index is -0.761. The second-order valence-electron chi connectivity index (χ2n) is 1.53. The third-order valence-electron chi connectivity index (χ3n) is 0.636. The molecule has 0 heterocycles. The first-order valence-corrected chi connectivity index (χ1v) is 11.4. The summed E-state index contributed by atoms with van der Waals surface area (Å²) < 4.78 is 9.77. The molecule has 0 unspecified atom stereocenters. The summed E-state index contributed by atoms with van der Waals surface area (Å²) in [6.45, 7) is 0. The maximum Gasteiger partial charge on any atom is 0.207 e. The molecule has 0 N–H and O–H groups in total. The normalized spacial score (nSPS) is 11.6. The fraction of sp³-hybridized carbons (Fsp3) is 1.00. The highest BCUT2D eigenvalue weighted by atomic mass is 35.5. The van der Waals surface area contributed by atoms with Gasteiger partial charge in [0.1, 0.15) is 11.9 Å². The Morgan fingerprint density at radius 3 is 1.47 bits per heavy atom. The highest BCUT2D eigenvalue weighted by Crippen LogP contribution is 2.48. The highest BCUT2D eigenvalue weighted by Gasteiger charge is 2.00. The molecule has 0 bridgehead atoms. The van der Waals surface area contributed by atoms with Gasteiger partial charge in [0.15, 0.2) is 0 Å². The third-order valence-corrected chi connectivity index (χ3v) is 9.13. The zero-order valence-electron chi connectivity index (χ0n) is 6.94. The van der Waals surface area contributed by atoms with Crippen LogP contribution in [0.5, 0.6) is 0 Å². The van der Waals surface area contributed by atoms with Crippen LogP contribution in [0.2, 0.25) is 0 Å². The number of ether oxygens (including phenoxy) is 2. The molecule has 0 spiro atoms. The van der Waals surface area contributed by atoms with Gasteiger partial charge in [-0.1, -0.05) is 68.0 Å². The molecular formula is C4H6Cl4O2S5. The molecule has 0 fully saturated rings. The Morgan fingerprint density at radius 2 is 1.13 bits per heavy atom. The molecule has 0 rings (SSSR count). The summed E-state index contributed by atoms with van der Waals surface area (Å²) in [5.41, 5.74) is 0. The minimum absolute atomic E-state index is 0.447. The van der Waals surface area contributed by atoms with Crippen LogP contribution in [0, 0.1) is 0 Å². The van der Waals surface area contributed by atoms with Gasteiger partial charge in [-0.2, -0.15) is 0 Å². The van der Waals surface area contributed by atoms with E-state index < -0.39 is 10.0 Å². The molecule has 0 aromatic carbocycles. The van der Waals surface area contributed by atoms with Gasteiger partial charge in [-0.05, 0) is 29.5 Å². The van der Waals surface area contributed by atoms with Crippen molar-refractivity contribution in [1.29, 1.82) is 0 Å². The number of rotatable bonds is 10. The van der Waals surface area contributed by atoms with Crippen molar-refractivity contribution in [1.82, 2.24) is 0 Å². The van der Waals surface area contributed by atoms with E-state index >= 15 is 0 Å². The van der Waals surface area contributed by atoms with E-state index in [4.69, 9.17) is 55.9 Å². The van der Waals surface area contributed by atoms with E-state index in [9.17, 15) is 0 Å². The average molecular weight is 388 g/mol. The standard InChI is InChI=1S/C4H6Cl4O2S5/c5-3(6)9-1-11-13-15-14-12-2-10-4(7)8/h3-4H,1-2H2. The smallest absolute Gasteiger partial charge is 0.207 e. The van der Waals surface area contributed by atoms with Crippen molar-refractivity contribution < 1.29 is 9.47 Å². The minimum Gasteiger partial charge on any atom is -0.337 e. The SMILES string of the molecule is ClC(Cl)OCSSSSSCOC(Cl)Cl. The van der Waals surface area contributed by atoms with E-state index in [0.717, 1.165) is 0 Å². The van der Waals surface area contributed by atoms with Crippen molar-refractivity contribution in [3.8, 4) is 0 Å². The Bertz CT molecular complexity index is 128. The quantitative estimate of drug-likeness (QED) is 0.202. The predicted octanol–water partition coefficient (Wildman–Crippen LogP) is 5.78. The van der Waals surface area contributed by atoms with E-state index in [0.29, 0.717) is 11.9 Å². The van der Waals surface area contributed by atoms with Crippen molar-refractivity contribution in [2.75, 3.05) is 11.9 Å². The molecular weight excluding hydrogens is 382 g/mol. The van der Waals surface area contributed by atoms with Crippen LogP contribution >= 0.6 is 97.5 Å². The van der Waals surface area contributed by atoms with Gasteiger partial charge < -0.3 is 9.47 Å². The monoisotopic (exact) mass is 386 g/mol. The number of hydrogen-bond acceptors (Lipinski definition) is 7. The molecule has 11 heteroatoms. The summed E-state index contributed by atoms with van der Waals surface area (Å²) in [5, 5.41) is -1.52. The van der Waals surface area contributed by atoms with E-state index in [1.54, 1.807) is 29.5 Å². The van der Waals surface area contributed by atoms with Crippen LogP contribution in [0.4, 0.5) is 0 Å². The molecule has 0 aromatic heterocycles. The van der Waals surface area contributed by atoms with Crippen LogP contribution in [-0.2, 0) is 9.47 Å². The van der Waals surface area contributed by atoms with Gasteiger partial charge in [0, 0.05) is 0 Å². The van der Waals surface area contributed by atoms with Crippen molar-refractivity contribution in [3.63, 3.8) is 0 Å². The van der Waals surface area contributed by atoms with E-state index in [1.165, 1.54) is 21.6 Å². The molecule has 15 heavy (non-hydrogen) atoms. The van der Waals surface area contributed by atoms with Crippen LogP contribution < -0.4 is 0 Å². The lowest BCUT2D eigenvalue weighted by molar-refractivity contribution is 0.209. The first-order valence-electron chi connectivity index (χ1n) is 3.17. The zero-order chi connectivity index (χ0) is 11.5. The Balaban J connectivity index is 2.93. The van der Waals surface area contributed by atoms with Crippen LogP contribution in [0.3, 0.4) is 0 Å². The average Bonchev–Trinajstić information content (AvgIpc) is 2.14. The van der Waals surface area contributed by atoms with Gasteiger partial charge >= 0.3 is 0 Å². The number of hydrogen-bond donors (Lipinski definition) is 0. The Hall–Kier alpha value is 2.83. The van der Waals surface area contributed by atoms with Gasteiger partial charge in [0.25, 0.3) is 0 Å². The van der Waals surface area contributed by atoms with Crippen LogP contribution in [-0.4, -0.2) is 21.9 Å². The molecule has 0 aromatic rings. The van der Waals surface area contributed by atoms with Crippen molar-refractivity contribution >= 4 is 97.5 Å². The Labute approximate surface area is 127 Å². The van der Waals surface area contributed by atoms with Crippen LogP contribution in [0.1, 0.15) is 0 Å². The Morgan fingerprint density at radius 1 is 0.733 bits per heavy atom. The molecule has 0 saturated carbocycles. The topological polar surface area (TPSA) is 18.5 Å². The Kier molecular flexibility index (Phi) is 15.8. The fourth-order valence-corrected chi connectivity index (χ4v) is 8.42. The molecule has 92 valence electrons. The number of halogens is 4. The molecule has 0 aliphatic rings. The van der Waals surface area contributed by atoms with Gasteiger partial charge in [-0.15, -0.1) is 0 Å².